The minimum atomic E-state index is -4.36. The average Bonchev–Trinajstić information content (AvgIpc) is 2.95. The third-order valence-corrected chi connectivity index (χ3v) is 5.83. The van der Waals surface area contributed by atoms with E-state index in [-0.39, 0.29) is 0 Å². The molecule has 0 bridgehead atoms. The highest BCUT2D eigenvalue weighted by atomic mass is 31.2. The maximum Gasteiger partial charge on any atom is 0.355 e. The molecule has 1 atom stereocenters. The van der Waals surface area contributed by atoms with Crippen molar-refractivity contribution >= 4 is 13.3 Å². The number of hydrogen-bond donors (Lipinski definition) is 2. The van der Waals surface area contributed by atoms with Crippen molar-refractivity contribution in [3.63, 3.8) is 0 Å². The van der Waals surface area contributed by atoms with E-state index in [0.29, 0.717) is 18.5 Å². The predicted octanol–water partition coefficient (Wildman–Crippen LogP) is 3.32. The van der Waals surface area contributed by atoms with Crippen LogP contribution in [0.25, 0.3) is 0 Å². The van der Waals surface area contributed by atoms with E-state index in [1.807, 2.05) is 53.4 Å². The molecular formula is C16H18NO3P. The van der Waals surface area contributed by atoms with Crippen LogP contribution in [-0.2, 0) is 9.85 Å². The molecule has 0 radical (unpaired) electrons. The van der Waals surface area contributed by atoms with Gasteiger partial charge in [0, 0.05) is 12.2 Å². The van der Waals surface area contributed by atoms with Crippen LogP contribution in [0.2, 0.25) is 0 Å². The Kier molecular flexibility index (Phi) is 3.62. The van der Waals surface area contributed by atoms with E-state index in [1.54, 1.807) is 12.1 Å². The highest BCUT2D eigenvalue weighted by Crippen LogP contribution is 2.64. The fourth-order valence-corrected chi connectivity index (χ4v) is 4.70. The van der Waals surface area contributed by atoms with E-state index < -0.39 is 12.9 Å². The predicted molar refractivity (Wildman–Crippen MR) is 83.2 cm³/mol. The van der Waals surface area contributed by atoms with E-state index in [4.69, 9.17) is 0 Å². The number of anilines is 1. The molecule has 1 unspecified atom stereocenters. The maximum absolute atomic E-state index is 12.4. The van der Waals surface area contributed by atoms with Gasteiger partial charge in [-0.25, -0.2) is 0 Å². The molecule has 0 saturated carbocycles. The van der Waals surface area contributed by atoms with E-state index in [0.717, 1.165) is 12.1 Å². The third-order valence-electron chi connectivity index (χ3n) is 4.14. The smallest absolute Gasteiger partial charge is 0.351 e. The topological polar surface area (TPSA) is 60.8 Å². The Balaban J connectivity index is 2.18. The zero-order valence-corrected chi connectivity index (χ0v) is 12.5. The van der Waals surface area contributed by atoms with Crippen LogP contribution >= 0.6 is 7.60 Å². The molecule has 0 amide bonds. The summed E-state index contributed by atoms with van der Waals surface area (Å²) in [6.45, 7) is 0.643. The molecule has 0 aliphatic carbocycles. The first-order valence-electron chi connectivity index (χ1n) is 6.99. The van der Waals surface area contributed by atoms with Gasteiger partial charge in [0.15, 0.2) is 5.28 Å². The summed E-state index contributed by atoms with van der Waals surface area (Å²) in [7, 11) is -4.36. The zero-order valence-electron chi connectivity index (χ0n) is 11.6. The highest BCUT2D eigenvalue weighted by molar-refractivity contribution is 7.53. The summed E-state index contributed by atoms with van der Waals surface area (Å²) in [4.78, 5) is 22.1. The van der Waals surface area contributed by atoms with Gasteiger partial charge >= 0.3 is 7.60 Å². The summed E-state index contributed by atoms with van der Waals surface area (Å²) >= 11 is 0. The van der Waals surface area contributed by atoms with Crippen molar-refractivity contribution in [1.82, 2.24) is 0 Å². The van der Waals surface area contributed by atoms with E-state index in [9.17, 15) is 14.4 Å². The molecule has 1 heterocycles. The van der Waals surface area contributed by atoms with Crippen LogP contribution in [0.15, 0.2) is 60.7 Å². The summed E-state index contributed by atoms with van der Waals surface area (Å²) < 4.78 is 12.4. The number of rotatable bonds is 3. The van der Waals surface area contributed by atoms with Gasteiger partial charge in [-0.1, -0.05) is 48.5 Å². The van der Waals surface area contributed by atoms with Crippen molar-refractivity contribution < 1.29 is 14.4 Å². The first kappa shape index (κ1) is 14.3. The Labute approximate surface area is 124 Å². The molecule has 1 saturated heterocycles. The minimum absolute atomic E-state index is 0.455. The number of nitrogens with zero attached hydrogens (tertiary/aromatic N) is 1. The minimum Gasteiger partial charge on any atom is -0.351 e. The first-order valence-corrected chi connectivity index (χ1v) is 8.61. The van der Waals surface area contributed by atoms with Crippen LogP contribution in [0.3, 0.4) is 0 Å². The molecule has 2 aromatic rings. The number of para-hydroxylation sites is 1. The zero-order chi connectivity index (χ0) is 14.9. The Morgan fingerprint density at radius 3 is 2.10 bits per heavy atom. The van der Waals surface area contributed by atoms with E-state index in [2.05, 4.69) is 0 Å². The Bertz CT molecular complexity index is 656. The molecular weight excluding hydrogens is 285 g/mol. The molecule has 2 aromatic carbocycles. The number of hydrogen-bond acceptors (Lipinski definition) is 2. The second-order valence-electron chi connectivity index (χ2n) is 5.32. The third kappa shape index (κ3) is 2.30. The molecule has 4 nitrogen and oxygen atoms in total. The van der Waals surface area contributed by atoms with Crippen LogP contribution in [0, 0.1) is 0 Å². The van der Waals surface area contributed by atoms with Gasteiger partial charge < -0.3 is 14.7 Å². The molecule has 5 heteroatoms. The van der Waals surface area contributed by atoms with Crippen molar-refractivity contribution in [2.75, 3.05) is 11.4 Å². The van der Waals surface area contributed by atoms with Gasteiger partial charge in [0.2, 0.25) is 0 Å². The van der Waals surface area contributed by atoms with Gasteiger partial charge in [0.05, 0.1) is 0 Å². The fourth-order valence-electron chi connectivity index (χ4n) is 3.23. The van der Waals surface area contributed by atoms with Gasteiger partial charge in [-0.15, -0.1) is 0 Å². The van der Waals surface area contributed by atoms with Crippen molar-refractivity contribution in [2.45, 2.75) is 18.1 Å². The lowest BCUT2D eigenvalue weighted by atomic mass is 10.0. The van der Waals surface area contributed by atoms with Crippen LogP contribution in [0.1, 0.15) is 18.4 Å². The van der Waals surface area contributed by atoms with Gasteiger partial charge in [0.25, 0.3) is 0 Å². The molecule has 110 valence electrons. The van der Waals surface area contributed by atoms with Gasteiger partial charge in [-0.05, 0) is 30.5 Å². The van der Waals surface area contributed by atoms with E-state index >= 15 is 0 Å². The lowest BCUT2D eigenvalue weighted by molar-refractivity contribution is 0.325. The molecule has 2 N–H and O–H groups in total. The Hall–Kier alpha value is -1.61. The van der Waals surface area contributed by atoms with E-state index in [1.165, 1.54) is 0 Å². The fraction of sp³-hybridized carbons (Fsp3) is 0.250. The average molecular weight is 303 g/mol. The standard InChI is InChI=1S/C16H18NO3P/c18-21(19,20)16(14-8-3-1-4-9-14)12-7-13-17(16)15-10-5-2-6-11-15/h1-6,8-11H,7,12-13H2,(H2,18,19,20). The Morgan fingerprint density at radius 2 is 1.52 bits per heavy atom. The van der Waals surface area contributed by atoms with Crippen molar-refractivity contribution in [3.05, 3.63) is 66.2 Å². The van der Waals surface area contributed by atoms with Crippen molar-refractivity contribution in [2.24, 2.45) is 0 Å². The second-order valence-corrected chi connectivity index (χ2v) is 7.15. The van der Waals surface area contributed by atoms with Crippen molar-refractivity contribution in [3.8, 4) is 0 Å². The molecule has 1 aliphatic rings. The number of benzene rings is 2. The molecule has 21 heavy (non-hydrogen) atoms. The summed E-state index contributed by atoms with van der Waals surface area (Å²) in [5.74, 6) is 0. The van der Waals surface area contributed by atoms with Gasteiger partial charge in [-0.2, -0.15) is 0 Å². The molecule has 0 spiro atoms. The highest BCUT2D eigenvalue weighted by Gasteiger charge is 2.55. The van der Waals surface area contributed by atoms with Gasteiger partial charge in [-0.3, -0.25) is 4.57 Å². The summed E-state index contributed by atoms with van der Waals surface area (Å²) in [6.07, 6.45) is 1.21. The normalized spacial score (nSPS) is 22.5. The molecule has 0 aromatic heterocycles. The van der Waals surface area contributed by atoms with Crippen LogP contribution < -0.4 is 4.90 Å². The summed E-state index contributed by atoms with van der Waals surface area (Å²) in [5, 5.41) is -1.25. The lowest BCUT2D eigenvalue weighted by Gasteiger charge is -2.40. The van der Waals surface area contributed by atoms with Crippen LogP contribution in [-0.4, -0.2) is 16.3 Å². The van der Waals surface area contributed by atoms with Crippen LogP contribution in [0.5, 0.6) is 0 Å². The first-order chi connectivity index (χ1) is 10.1. The molecule has 1 fully saturated rings. The van der Waals surface area contributed by atoms with Crippen LogP contribution in [0.4, 0.5) is 5.69 Å². The lowest BCUT2D eigenvalue weighted by Crippen LogP contribution is -2.41. The quantitative estimate of drug-likeness (QED) is 0.854. The largest absolute Gasteiger partial charge is 0.355 e. The Morgan fingerprint density at radius 1 is 0.952 bits per heavy atom. The monoisotopic (exact) mass is 303 g/mol. The summed E-state index contributed by atoms with van der Waals surface area (Å²) in [6, 6.07) is 18.6. The molecule has 1 aliphatic heterocycles. The second kappa shape index (κ2) is 5.30. The summed E-state index contributed by atoms with van der Waals surface area (Å²) in [5.41, 5.74) is 1.53. The van der Waals surface area contributed by atoms with Crippen molar-refractivity contribution in [1.29, 1.82) is 0 Å². The SMILES string of the molecule is O=P(O)(O)C1(c2ccccc2)CCCN1c1ccccc1. The van der Waals surface area contributed by atoms with Gasteiger partial charge in [0.1, 0.15) is 0 Å². The molecule has 3 rings (SSSR count). The maximum atomic E-state index is 12.4.